The molecule has 128 valence electrons. The lowest BCUT2D eigenvalue weighted by Crippen LogP contribution is -2.43. The molecule has 0 saturated heterocycles. The van der Waals surface area contributed by atoms with Crippen LogP contribution in [0.4, 0.5) is 0 Å². The van der Waals surface area contributed by atoms with Gasteiger partial charge in [-0.2, -0.15) is 0 Å². The maximum Gasteiger partial charge on any atom is 0.258 e. The van der Waals surface area contributed by atoms with Crippen LogP contribution in [0.2, 0.25) is 0 Å². The standard InChI is InChI=1S/C20H26N2O2/c1-20(2,3)22-19(23)15-24-18-12-8-7-11-17(18)14-21-13-16-9-5-4-6-10-16/h4-12,21H,13-15H2,1-3H3,(H,22,23). The molecule has 0 aromatic heterocycles. The molecular formula is C20H26N2O2. The summed E-state index contributed by atoms with van der Waals surface area (Å²) in [7, 11) is 0. The van der Waals surface area contributed by atoms with Crippen LogP contribution >= 0.6 is 0 Å². The van der Waals surface area contributed by atoms with E-state index in [1.807, 2.05) is 63.2 Å². The van der Waals surface area contributed by atoms with E-state index in [0.717, 1.165) is 17.9 Å². The SMILES string of the molecule is CC(C)(C)NC(=O)COc1ccccc1CNCc1ccccc1. The van der Waals surface area contributed by atoms with E-state index in [9.17, 15) is 4.79 Å². The smallest absolute Gasteiger partial charge is 0.258 e. The largest absolute Gasteiger partial charge is 0.483 e. The van der Waals surface area contributed by atoms with Crippen molar-refractivity contribution in [3.63, 3.8) is 0 Å². The Kier molecular flexibility index (Phi) is 6.38. The number of carbonyl (C=O) groups excluding carboxylic acids is 1. The van der Waals surface area contributed by atoms with Crippen molar-refractivity contribution in [3.05, 3.63) is 65.7 Å². The van der Waals surface area contributed by atoms with Gasteiger partial charge in [-0.25, -0.2) is 0 Å². The number of para-hydroxylation sites is 1. The molecule has 0 aliphatic carbocycles. The Morgan fingerprint density at radius 2 is 1.62 bits per heavy atom. The van der Waals surface area contributed by atoms with Crippen LogP contribution in [0, 0.1) is 0 Å². The summed E-state index contributed by atoms with van der Waals surface area (Å²) >= 11 is 0. The van der Waals surface area contributed by atoms with Crippen LogP contribution in [0.25, 0.3) is 0 Å². The van der Waals surface area contributed by atoms with Gasteiger partial charge in [-0.05, 0) is 32.4 Å². The molecule has 0 atom stereocenters. The molecule has 0 spiro atoms. The van der Waals surface area contributed by atoms with Gasteiger partial charge in [0.05, 0.1) is 0 Å². The molecule has 24 heavy (non-hydrogen) atoms. The zero-order valence-electron chi connectivity index (χ0n) is 14.6. The van der Waals surface area contributed by atoms with E-state index in [-0.39, 0.29) is 18.1 Å². The first-order valence-corrected chi connectivity index (χ1v) is 8.20. The first-order valence-electron chi connectivity index (χ1n) is 8.20. The Morgan fingerprint density at radius 1 is 0.958 bits per heavy atom. The van der Waals surface area contributed by atoms with Crippen molar-refractivity contribution < 1.29 is 9.53 Å². The van der Waals surface area contributed by atoms with Gasteiger partial charge in [0.25, 0.3) is 5.91 Å². The quantitative estimate of drug-likeness (QED) is 0.821. The molecule has 2 aromatic carbocycles. The number of carbonyl (C=O) groups is 1. The van der Waals surface area contributed by atoms with Crippen molar-refractivity contribution in [2.45, 2.75) is 39.4 Å². The zero-order valence-corrected chi connectivity index (χ0v) is 14.6. The van der Waals surface area contributed by atoms with Crippen molar-refractivity contribution in [1.82, 2.24) is 10.6 Å². The minimum Gasteiger partial charge on any atom is -0.483 e. The lowest BCUT2D eigenvalue weighted by atomic mass is 10.1. The topological polar surface area (TPSA) is 50.4 Å². The summed E-state index contributed by atoms with van der Waals surface area (Å²) in [6, 6.07) is 18.0. The lowest BCUT2D eigenvalue weighted by molar-refractivity contribution is -0.124. The number of nitrogens with one attached hydrogen (secondary N) is 2. The van der Waals surface area contributed by atoms with Gasteiger partial charge in [0.15, 0.2) is 6.61 Å². The van der Waals surface area contributed by atoms with Crippen LogP contribution in [-0.4, -0.2) is 18.1 Å². The molecule has 0 aliphatic heterocycles. The second kappa shape index (κ2) is 8.50. The summed E-state index contributed by atoms with van der Waals surface area (Å²) < 4.78 is 5.70. The molecular weight excluding hydrogens is 300 g/mol. The molecule has 2 rings (SSSR count). The van der Waals surface area contributed by atoms with Gasteiger partial charge < -0.3 is 15.4 Å². The second-order valence-electron chi connectivity index (χ2n) is 6.78. The summed E-state index contributed by atoms with van der Waals surface area (Å²) in [5.74, 6) is 0.622. The maximum absolute atomic E-state index is 11.9. The minimum atomic E-state index is -0.253. The third-order valence-corrected chi connectivity index (χ3v) is 3.33. The summed E-state index contributed by atoms with van der Waals surface area (Å²) in [6.07, 6.45) is 0. The number of benzene rings is 2. The van der Waals surface area contributed by atoms with Crippen molar-refractivity contribution in [1.29, 1.82) is 0 Å². The van der Waals surface area contributed by atoms with Crippen LogP contribution < -0.4 is 15.4 Å². The van der Waals surface area contributed by atoms with E-state index >= 15 is 0 Å². The van der Waals surface area contributed by atoms with E-state index in [1.54, 1.807) is 0 Å². The first kappa shape index (κ1) is 18.0. The van der Waals surface area contributed by atoms with E-state index in [4.69, 9.17) is 4.74 Å². The molecule has 4 nitrogen and oxygen atoms in total. The Bertz CT molecular complexity index is 648. The minimum absolute atomic E-state index is 0.0208. The van der Waals surface area contributed by atoms with E-state index < -0.39 is 0 Å². The Morgan fingerprint density at radius 3 is 2.33 bits per heavy atom. The maximum atomic E-state index is 11.9. The molecule has 0 saturated carbocycles. The molecule has 0 unspecified atom stereocenters. The molecule has 0 bridgehead atoms. The van der Waals surface area contributed by atoms with Gasteiger partial charge in [0.2, 0.25) is 0 Å². The second-order valence-corrected chi connectivity index (χ2v) is 6.78. The molecule has 2 N–H and O–H groups in total. The van der Waals surface area contributed by atoms with Gasteiger partial charge in [0, 0.05) is 24.2 Å². The van der Waals surface area contributed by atoms with E-state index in [2.05, 4.69) is 22.8 Å². The van der Waals surface area contributed by atoms with Crippen molar-refractivity contribution >= 4 is 5.91 Å². The first-order chi connectivity index (χ1) is 11.4. The summed E-state index contributed by atoms with van der Waals surface area (Å²) in [6.45, 7) is 7.35. The predicted octanol–water partition coefficient (Wildman–Crippen LogP) is 3.27. The molecule has 0 heterocycles. The number of rotatable bonds is 7. The van der Waals surface area contributed by atoms with Gasteiger partial charge in [-0.3, -0.25) is 4.79 Å². The monoisotopic (exact) mass is 326 g/mol. The fourth-order valence-electron chi connectivity index (χ4n) is 2.33. The molecule has 0 aliphatic rings. The highest BCUT2D eigenvalue weighted by Gasteiger charge is 2.14. The molecule has 1 amide bonds. The fraction of sp³-hybridized carbons (Fsp3) is 0.350. The van der Waals surface area contributed by atoms with Crippen LogP contribution in [0.1, 0.15) is 31.9 Å². The van der Waals surface area contributed by atoms with Crippen LogP contribution in [-0.2, 0) is 17.9 Å². The normalized spacial score (nSPS) is 11.1. The average Bonchev–Trinajstić information content (AvgIpc) is 2.53. The van der Waals surface area contributed by atoms with Crippen LogP contribution in [0.5, 0.6) is 5.75 Å². The van der Waals surface area contributed by atoms with E-state index in [0.29, 0.717) is 6.54 Å². The number of amides is 1. The summed E-state index contributed by atoms with van der Waals surface area (Å²) in [4.78, 5) is 11.9. The molecule has 0 fully saturated rings. The zero-order chi connectivity index (χ0) is 17.4. The van der Waals surface area contributed by atoms with E-state index in [1.165, 1.54) is 5.56 Å². The van der Waals surface area contributed by atoms with Gasteiger partial charge in [-0.15, -0.1) is 0 Å². The molecule has 0 radical (unpaired) electrons. The van der Waals surface area contributed by atoms with Gasteiger partial charge in [-0.1, -0.05) is 48.5 Å². The van der Waals surface area contributed by atoms with Crippen molar-refractivity contribution in [2.24, 2.45) is 0 Å². The molecule has 4 heteroatoms. The molecule has 2 aromatic rings. The van der Waals surface area contributed by atoms with Crippen molar-refractivity contribution in [3.8, 4) is 5.75 Å². The Balaban J connectivity index is 1.86. The average molecular weight is 326 g/mol. The highest BCUT2D eigenvalue weighted by atomic mass is 16.5. The van der Waals surface area contributed by atoms with Gasteiger partial charge in [0.1, 0.15) is 5.75 Å². The fourth-order valence-corrected chi connectivity index (χ4v) is 2.33. The highest BCUT2D eigenvalue weighted by Crippen LogP contribution is 2.18. The van der Waals surface area contributed by atoms with Crippen molar-refractivity contribution in [2.75, 3.05) is 6.61 Å². The number of hydrogen-bond donors (Lipinski definition) is 2. The number of hydrogen-bond acceptors (Lipinski definition) is 3. The number of ether oxygens (including phenoxy) is 1. The third-order valence-electron chi connectivity index (χ3n) is 3.33. The highest BCUT2D eigenvalue weighted by molar-refractivity contribution is 5.78. The Hall–Kier alpha value is -2.33. The van der Waals surface area contributed by atoms with Crippen LogP contribution in [0.15, 0.2) is 54.6 Å². The van der Waals surface area contributed by atoms with Crippen LogP contribution in [0.3, 0.4) is 0 Å². The third kappa shape index (κ3) is 6.42. The summed E-state index contributed by atoms with van der Waals surface area (Å²) in [5, 5.41) is 6.30. The predicted molar refractivity (Wildman–Crippen MR) is 96.8 cm³/mol. The summed E-state index contributed by atoms with van der Waals surface area (Å²) in [5.41, 5.74) is 2.02. The Labute approximate surface area is 144 Å². The lowest BCUT2D eigenvalue weighted by Gasteiger charge is -2.20. The van der Waals surface area contributed by atoms with Gasteiger partial charge >= 0.3 is 0 Å².